The summed E-state index contributed by atoms with van der Waals surface area (Å²) in [7, 11) is 5.77. The van der Waals surface area contributed by atoms with Crippen molar-refractivity contribution in [3.63, 3.8) is 0 Å². The van der Waals surface area contributed by atoms with E-state index in [0.29, 0.717) is 13.1 Å². The molecule has 0 aliphatic rings. The molecule has 0 saturated carbocycles. The van der Waals surface area contributed by atoms with Gasteiger partial charge in [-0.15, -0.1) is 24.0 Å². The molecule has 0 bridgehead atoms. The van der Waals surface area contributed by atoms with Crippen LogP contribution in [0.25, 0.3) is 0 Å². The minimum absolute atomic E-state index is 0. The fourth-order valence-corrected chi connectivity index (χ4v) is 2.44. The molecule has 2 N–H and O–H groups in total. The molecule has 0 unspecified atom stereocenters. The van der Waals surface area contributed by atoms with E-state index >= 15 is 0 Å². The van der Waals surface area contributed by atoms with Gasteiger partial charge in [0, 0.05) is 38.4 Å². The Hall–Kier alpha value is -1.96. The molecule has 0 aliphatic heterocycles. The van der Waals surface area contributed by atoms with Crippen LogP contribution in [0.3, 0.4) is 0 Å². The number of aliphatic imine (C=N–C) groups is 1. The average Bonchev–Trinajstić information content (AvgIpc) is 2.64. The Morgan fingerprint density at radius 1 is 1.04 bits per heavy atom. The van der Waals surface area contributed by atoms with Gasteiger partial charge >= 0.3 is 0 Å². The van der Waals surface area contributed by atoms with Gasteiger partial charge in [0.25, 0.3) is 0 Å². The first-order valence-corrected chi connectivity index (χ1v) is 8.54. The van der Waals surface area contributed by atoms with Crippen LogP contribution in [0.1, 0.15) is 18.1 Å². The fraction of sp³-hybridized carbons (Fsp3) is 0.350. The molecule has 0 aliphatic carbocycles. The first kappa shape index (κ1) is 22.1. The van der Waals surface area contributed by atoms with E-state index in [4.69, 9.17) is 4.74 Å². The Bertz CT molecular complexity index is 686. The Labute approximate surface area is 173 Å². The lowest BCUT2D eigenvalue weighted by Gasteiger charge is -2.14. The molecule has 0 fully saturated rings. The lowest BCUT2D eigenvalue weighted by molar-refractivity contribution is 0.409. The minimum atomic E-state index is 0. The summed E-state index contributed by atoms with van der Waals surface area (Å²) in [6, 6.07) is 16.4. The summed E-state index contributed by atoms with van der Waals surface area (Å²) < 4.78 is 5.39. The second-order valence-electron chi connectivity index (χ2n) is 5.92. The second-order valence-corrected chi connectivity index (χ2v) is 5.92. The predicted molar refractivity (Wildman–Crippen MR) is 121 cm³/mol. The van der Waals surface area contributed by atoms with Crippen LogP contribution in [0, 0.1) is 0 Å². The van der Waals surface area contributed by atoms with Gasteiger partial charge in [0.15, 0.2) is 5.96 Å². The maximum Gasteiger partial charge on any atom is 0.191 e. The van der Waals surface area contributed by atoms with Crippen LogP contribution < -0.4 is 20.3 Å². The summed E-state index contributed by atoms with van der Waals surface area (Å²) in [6.07, 6.45) is 0. The standard InChI is InChI=1S/C20H28N4O.HI/c1-5-21-20(23-15-17-8-6-7-9-19(17)25-4)22-14-16-10-12-18(13-11-16)24(2)3;/h6-13H,5,14-15H2,1-4H3,(H2,21,22,23);1H. The zero-order chi connectivity index (χ0) is 18.1. The van der Waals surface area contributed by atoms with Crippen LogP contribution in [0.15, 0.2) is 53.5 Å². The number of hydrogen-bond donors (Lipinski definition) is 2. The van der Waals surface area contributed by atoms with Crippen LogP contribution in [0.5, 0.6) is 5.75 Å². The molecule has 0 atom stereocenters. The highest BCUT2D eigenvalue weighted by Crippen LogP contribution is 2.16. The molecule has 2 aromatic carbocycles. The molecule has 0 amide bonds. The highest BCUT2D eigenvalue weighted by atomic mass is 127. The molecule has 0 heterocycles. The van der Waals surface area contributed by atoms with Gasteiger partial charge in [0.1, 0.15) is 5.75 Å². The number of halogens is 1. The quantitative estimate of drug-likeness (QED) is 0.370. The van der Waals surface area contributed by atoms with E-state index in [-0.39, 0.29) is 24.0 Å². The Morgan fingerprint density at radius 3 is 2.35 bits per heavy atom. The van der Waals surface area contributed by atoms with E-state index in [0.717, 1.165) is 23.8 Å². The number of nitrogens with one attached hydrogen (secondary N) is 2. The number of hydrogen-bond acceptors (Lipinski definition) is 3. The molecule has 0 spiro atoms. The van der Waals surface area contributed by atoms with Gasteiger partial charge in [-0.3, -0.25) is 0 Å². The topological polar surface area (TPSA) is 48.9 Å². The molecule has 142 valence electrons. The van der Waals surface area contributed by atoms with E-state index in [9.17, 15) is 0 Å². The van der Waals surface area contributed by atoms with Crippen molar-refractivity contribution in [1.82, 2.24) is 10.6 Å². The highest BCUT2D eigenvalue weighted by Gasteiger charge is 2.03. The Kier molecular flexibility index (Phi) is 9.87. The summed E-state index contributed by atoms with van der Waals surface area (Å²) in [5.74, 6) is 1.68. The first-order chi connectivity index (χ1) is 12.1. The third-order valence-corrected chi connectivity index (χ3v) is 3.86. The van der Waals surface area contributed by atoms with Gasteiger partial charge in [-0.2, -0.15) is 0 Å². The lowest BCUT2D eigenvalue weighted by atomic mass is 10.2. The monoisotopic (exact) mass is 468 g/mol. The first-order valence-electron chi connectivity index (χ1n) is 8.54. The molecular formula is C20H29IN4O. The fourth-order valence-electron chi connectivity index (χ4n) is 2.44. The van der Waals surface area contributed by atoms with Gasteiger partial charge in [-0.25, -0.2) is 4.99 Å². The van der Waals surface area contributed by atoms with Crippen molar-refractivity contribution >= 4 is 35.6 Å². The van der Waals surface area contributed by atoms with E-state index in [1.165, 1.54) is 11.3 Å². The summed E-state index contributed by atoms with van der Waals surface area (Å²) in [4.78, 5) is 6.76. The van der Waals surface area contributed by atoms with Gasteiger partial charge in [0.2, 0.25) is 0 Å². The summed E-state index contributed by atoms with van der Waals surface area (Å²) >= 11 is 0. The van der Waals surface area contributed by atoms with Gasteiger partial charge < -0.3 is 20.3 Å². The minimum Gasteiger partial charge on any atom is -0.496 e. The smallest absolute Gasteiger partial charge is 0.191 e. The summed E-state index contributed by atoms with van der Waals surface area (Å²) in [6.45, 7) is 4.17. The van der Waals surface area contributed by atoms with E-state index in [2.05, 4.69) is 57.8 Å². The number of anilines is 1. The van der Waals surface area contributed by atoms with Crippen LogP contribution in [-0.4, -0.2) is 33.7 Å². The van der Waals surface area contributed by atoms with Crippen molar-refractivity contribution in [3.8, 4) is 5.75 Å². The maximum atomic E-state index is 5.39. The Morgan fingerprint density at radius 2 is 1.73 bits per heavy atom. The van der Waals surface area contributed by atoms with E-state index < -0.39 is 0 Å². The van der Waals surface area contributed by atoms with Crippen molar-refractivity contribution in [2.24, 2.45) is 4.99 Å². The van der Waals surface area contributed by atoms with Gasteiger partial charge in [-0.1, -0.05) is 30.3 Å². The average molecular weight is 468 g/mol. The maximum absolute atomic E-state index is 5.39. The molecule has 5 nitrogen and oxygen atoms in total. The molecule has 0 aromatic heterocycles. The molecule has 2 aromatic rings. The Balaban J connectivity index is 0.00000338. The number of benzene rings is 2. The molecular weight excluding hydrogens is 439 g/mol. The van der Waals surface area contributed by atoms with Crippen molar-refractivity contribution in [2.75, 3.05) is 32.6 Å². The highest BCUT2D eigenvalue weighted by molar-refractivity contribution is 14.0. The number of methoxy groups -OCH3 is 1. The van der Waals surface area contributed by atoms with Crippen LogP contribution in [0.4, 0.5) is 5.69 Å². The van der Waals surface area contributed by atoms with Crippen molar-refractivity contribution in [1.29, 1.82) is 0 Å². The number of ether oxygens (including phenoxy) is 1. The second kappa shape index (κ2) is 11.6. The number of para-hydroxylation sites is 1. The largest absolute Gasteiger partial charge is 0.496 e. The van der Waals surface area contributed by atoms with Gasteiger partial charge in [0.05, 0.1) is 13.7 Å². The zero-order valence-corrected chi connectivity index (χ0v) is 18.3. The van der Waals surface area contributed by atoms with Crippen molar-refractivity contribution < 1.29 is 4.74 Å². The number of guanidine groups is 1. The van der Waals surface area contributed by atoms with Gasteiger partial charge in [-0.05, 0) is 30.7 Å². The summed E-state index contributed by atoms with van der Waals surface area (Å²) in [5, 5.41) is 6.64. The van der Waals surface area contributed by atoms with Crippen molar-refractivity contribution in [3.05, 3.63) is 59.7 Å². The predicted octanol–water partition coefficient (Wildman–Crippen LogP) is 3.63. The SMILES string of the molecule is CCNC(=NCc1ccc(N(C)C)cc1)NCc1ccccc1OC.I. The van der Waals surface area contributed by atoms with E-state index in [1.54, 1.807) is 7.11 Å². The zero-order valence-electron chi connectivity index (χ0n) is 16.0. The molecule has 6 heteroatoms. The molecule has 0 radical (unpaired) electrons. The van der Waals surface area contributed by atoms with Crippen LogP contribution >= 0.6 is 24.0 Å². The lowest BCUT2D eigenvalue weighted by Crippen LogP contribution is -2.36. The van der Waals surface area contributed by atoms with Crippen molar-refractivity contribution in [2.45, 2.75) is 20.0 Å². The molecule has 2 rings (SSSR count). The number of nitrogens with zero attached hydrogens (tertiary/aromatic N) is 2. The molecule has 0 saturated heterocycles. The van der Waals surface area contributed by atoms with Crippen LogP contribution in [0.2, 0.25) is 0 Å². The third-order valence-electron chi connectivity index (χ3n) is 3.86. The molecule has 26 heavy (non-hydrogen) atoms. The van der Waals surface area contributed by atoms with Crippen LogP contribution in [-0.2, 0) is 13.1 Å². The third kappa shape index (κ3) is 6.74. The summed E-state index contributed by atoms with van der Waals surface area (Å²) in [5.41, 5.74) is 3.47. The number of rotatable bonds is 7. The normalized spacial score (nSPS) is 10.7. The van der Waals surface area contributed by atoms with E-state index in [1.807, 2.05) is 32.3 Å².